The van der Waals surface area contributed by atoms with Crippen molar-refractivity contribution in [3.05, 3.63) is 59.7 Å². The fourth-order valence-electron chi connectivity index (χ4n) is 2.02. The number of benzene rings is 2. The van der Waals surface area contributed by atoms with Crippen molar-refractivity contribution < 1.29 is 14.3 Å². The Bertz CT molecular complexity index is 611. The molecule has 0 unspecified atom stereocenters. The van der Waals surface area contributed by atoms with E-state index in [9.17, 15) is 4.79 Å². The number of carbonyl (C=O) groups is 1. The molecule has 4 heteroatoms. The van der Waals surface area contributed by atoms with E-state index in [2.05, 4.69) is 0 Å². The summed E-state index contributed by atoms with van der Waals surface area (Å²) in [6.07, 6.45) is -0.398. The molecule has 0 fully saturated rings. The number of amides is 1. The van der Waals surface area contributed by atoms with Gasteiger partial charge in [0.1, 0.15) is 11.5 Å². The van der Waals surface area contributed by atoms with Crippen molar-refractivity contribution in [1.29, 1.82) is 0 Å². The Labute approximate surface area is 124 Å². The molecular formula is C17H19NO3. The minimum absolute atomic E-state index is 0.398. The van der Waals surface area contributed by atoms with Crippen LogP contribution in [0.4, 0.5) is 4.79 Å². The lowest BCUT2D eigenvalue weighted by atomic mass is 10.1. The molecule has 0 saturated carbocycles. The van der Waals surface area contributed by atoms with Gasteiger partial charge in [0.2, 0.25) is 0 Å². The van der Waals surface area contributed by atoms with Gasteiger partial charge in [-0.2, -0.15) is 0 Å². The number of ether oxygens (including phenoxy) is 2. The minimum Gasteiger partial charge on any atom is -0.496 e. The van der Waals surface area contributed by atoms with Gasteiger partial charge >= 0.3 is 6.09 Å². The van der Waals surface area contributed by atoms with Crippen molar-refractivity contribution in [2.45, 2.75) is 13.5 Å². The van der Waals surface area contributed by atoms with Crippen molar-refractivity contribution >= 4 is 6.09 Å². The molecule has 0 N–H and O–H groups in total. The van der Waals surface area contributed by atoms with Gasteiger partial charge < -0.3 is 14.4 Å². The largest absolute Gasteiger partial charge is 0.496 e. The molecule has 0 heterocycles. The van der Waals surface area contributed by atoms with Crippen LogP contribution >= 0.6 is 0 Å². The van der Waals surface area contributed by atoms with E-state index in [-0.39, 0.29) is 0 Å². The summed E-state index contributed by atoms with van der Waals surface area (Å²) >= 11 is 0. The Kier molecular flexibility index (Phi) is 4.82. The summed E-state index contributed by atoms with van der Waals surface area (Å²) in [6, 6.07) is 14.9. The van der Waals surface area contributed by atoms with Crippen molar-refractivity contribution in [3.63, 3.8) is 0 Å². The zero-order valence-electron chi connectivity index (χ0n) is 12.5. The summed E-state index contributed by atoms with van der Waals surface area (Å²) in [5, 5.41) is 0. The van der Waals surface area contributed by atoms with Crippen LogP contribution in [-0.4, -0.2) is 25.2 Å². The predicted octanol–water partition coefficient (Wildman–Crippen LogP) is 3.63. The van der Waals surface area contributed by atoms with Crippen LogP contribution in [0.5, 0.6) is 11.5 Å². The molecule has 0 radical (unpaired) electrons. The van der Waals surface area contributed by atoms with Gasteiger partial charge in [-0.25, -0.2) is 4.79 Å². The smallest absolute Gasteiger partial charge is 0.415 e. The maximum absolute atomic E-state index is 12.1. The van der Waals surface area contributed by atoms with Gasteiger partial charge in [0.15, 0.2) is 0 Å². The molecule has 0 saturated heterocycles. The molecule has 21 heavy (non-hydrogen) atoms. The van der Waals surface area contributed by atoms with Gasteiger partial charge in [0.05, 0.1) is 13.7 Å². The molecule has 1 amide bonds. The zero-order chi connectivity index (χ0) is 15.2. The van der Waals surface area contributed by atoms with Crippen LogP contribution in [0.3, 0.4) is 0 Å². The van der Waals surface area contributed by atoms with E-state index in [4.69, 9.17) is 9.47 Å². The van der Waals surface area contributed by atoms with E-state index < -0.39 is 6.09 Å². The molecule has 0 atom stereocenters. The molecule has 0 aromatic heterocycles. The molecule has 2 rings (SSSR count). The maximum Gasteiger partial charge on any atom is 0.415 e. The van der Waals surface area contributed by atoms with E-state index >= 15 is 0 Å². The molecular weight excluding hydrogens is 266 g/mol. The number of hydrogen-bond donors (Lipinski definition) is 0. The van der Waals surface area contributed by atoms with E-state index in [1.165, 1.54) is 4.90 Å². The van der Waals surface area contributed by atoms with Gasteiger partial charge in [-0.05, 0) is 25.1 Å². The van der Waals surface area contributed by atoms with Gasteiger partial charge in [-0.3, -0.25) is 0 Å². The topological polar surface area (TPSA) is 38.8 Å². The molecule has 2 aromatic rings. The van der Waals surface area contributed by atoms with Crippen molar-refractivity contribution in [2.24, 2.45) is 0 Å². The summed E-state index contributed by atoms with van der Waals surface area (Å²) in [5.41, 5.74) is 2.07. The molecule has 0 aliphatic heterocycles. The first-order valence-corrected chi connectivity index (χ1v) is 6.71. The average molecular weight is 285 g/mol. The molecule has 0 spiro atoms. The first-order valence-electron chi connectivity index (χ1n) is 6.71. The number of aryl methyl sites for hydroxylation is 1. The third-order valence-corrected chi connectivity index (χ3v) is 3.10. The van der Waals surface area contributed by atoms with Gasteiger partial charge in [-0.1, -0.05) is 35.9 Å². The highest BCUT2D eigenvalue weighted by Gasteiger charge is 2.14. The van der Waals surface area contributed by atoms with Crippen LogP contribution in [0.15, 0.2) is 48.5 Å². The summed E-state index contributed by atoms with van der Waals surface area (Å²) in [4.78, 5) is 13.6. The van der Waals surface area contributed by atoms with Gasteiger partial charge in [0.25, 0.3) is 0 Å². The third kappa shape index (κ3) is 3.99. The standard InChI is InChI=1S/C17H19NO3/c1-13-9-10-16(20-3)14(11-13)12-18(2)17(19)21-15-7-5-4-6-8-15/h4-11H,12H2,1-3H3. The first-order chi connectivity index (χ1) is 10.1. The summed E-state index contributed by atoms with van der Waals surface area (Å²) in [6.45, 7) is 2.43. The molecule has 2 aromatic carbocycles. The quantitative estimate of drug-likeness (QED) is 0.861. The van der Waals surface area contributed by atoms with Crippen LogP contribution < -0.4 is 9.47 Å². The highest BCUT2D eigenvalue weighted by Crippen LogP contribution is 2.21. The number of hydrogen-bond acceptors (Lipinski definition) is 3. The van der Waals surface area contributed by atoms with Crippen LogP contribution in [0, 0.1) is 6.92 Å². The van der Waals surface area contributed by atoms with Crippen LogP contribution in [0.25, 0.3) is 0 Å². The lowest BCUT2D eigenvalue weighted by Gasteiger charge is -2.18. The highest BCUT2D eigenvalue weighted by atomic mass is 16.6. The number of carbonyl (C=O) groups excluding carboxylic acids is 1. The Morgan fingerprint density at radius 1 is 1.14 bits per heavy atom. The molecule has 0 aliphatic carbocycles. The SMILES string of the molecule is COc1ccc(C)cc1CN(C)C(=O)Oc1ccccc1. The first kappa shape index (κ1) is 14.9. The number of rotatable bonds is 4. The highest BCUT2D eigenvalue weighted by molar-refractivity contribution is 5.70. The third-order valence-electron chi connectivity index (χ3n) is 3.10. The normalized spacial score (nSPS) is 10.0. The second-order valence-electron chi connectivity index (χ2n) is 4.85. The van der Waals surface area contributed by atoms with E-state index in [1.54, 1.807) is 26.3 Å². The Morgan fingerprint density at radius 2 is 1.86 bits per heavy atom. The number of methoxy groups -OCH3 is 1. The van der Waals surface area contributed by atoms with E-state index in [1.807, 2.05) is 43.3 Å². The molecule has 4 nitrogen and oxygen atoms in total. The van der Waals surface area contributed by atoms with Crippen molar-refractivity contribution in [1.82, 2.24) is 4.90 Å². The van der Waals surface area contributed by atoms with Crippen LogP contribution in [0.1, 0.15) is 11.1 Å². The Hall–Kier alpha value is -2.49. The van der Waals surface area contributed by atoms with E-state index in [0.717, 1.165) is 16.9 Å². The van der Waals surface area contributed by atoms with E-state index in [0.29, 0.717) is 12.3 Å². The lowest BCUT2D eigenvalue weighted by molar-refractivity contribution is 0.160. The molecule has 0 bridgehead atoms. The maximum atomic E-state index is 12.1. The summed E-state index contributed by atoms with van der Waals surface area (Å²) in [7, 11) is 3.32. The summed E-state index contributed by atoms with van der Waals surface area (Å²) in [5.74, 6) is 1.30. The summed E-state index contributed by atoms with van der Waals surface area (Å²) < 4.78 is 10.6. The van der Waals surface area contributed by atoms with Crippen LogP contribution in [0.2, 0.25) is 0 Å². The monoisotopic (exact) mass is 285 g/mol. The predicted molar refractivity (Wildman–Crippen MR) is 81.7 cm³/mol. The Balaban J connectivity index is 2.05. The van der Waals surface area contributed by atoms with Gasteiger partial charge in [0, 0.05) is 12.6 Å². The number of para-hydroxylation sites is 1. The fraction of sp³-hybridized carbons (Fsp3) is 0.235. The van der Waals surface area contributed by atoms with Crippen LogP contribution in [-0.2, 0) is 6.54 Å². The zero-order valence-corrected chi connectivity index (χ0v) is 12.5. The van der Waals surface area contributed by atoms with Crippen molar-refractivity contribution in [3.8, 4) is 11.5 Å². The molecule has 0 aliphatic rings. The average Bonchev–Trinajstić information content (AvgIpc) is 2.48. The van der Waals surface area contributed by atoms with Crippen molar-refractivity contribution in [2.75, 3.05) is 14.2 Å². The second kappa shape index (κ2) is 6.79. The fourth-order valence-corrected chi connectivity index (χ4v) is 2.02. The minimum atomic E-state index is -0.398. The Morgan fingerprint density at radius 3 is 2.52 bits per heavy atom. The second-order valence-corrected chi connectivity index (χ2v) is 4.85. The lowest BCUT2D eigenvalue weighted by Crippen LogP contribution is -2.29. The molecule has 110 valence electrons. The number of nitrogens with zero attached hydrogens (tertiary/aromatic N) is 1. The van der Waals surface area contributed by atoms with Gasteiger partial charge in [-0.15, -0.1) is 0 Å².